The topological polar surface area (TPSA) is 26.0 Å². The molecule has 1 aromatic carbocycles. The van der Waals surface area contributed by atoms with E-state index in [9.17, 15) is 0 Å². The standard InChI is InChI=1S/C11H19N2S/c1-9(13(2,3)4)14-11-7-5-10(12)6-8-11/h5-9H,12H2,1-4H3/q+1. The maximum atomic E-state index is 5.63. The van der Waals surface area contributed by atoms with Crippen molar-refractivity contribution in [2.75, 3.05) is 26.9 Å². The minimum absolute atomic E-state index is 0.540. The molecule has 0 aliphatic carbocycles. The normalized spacial score (nSPS) is 14.0. The first-order valence-corrected chi connectivity index (χ1v) is 5.61. The zero-order valence-corrected chi connectivity index (χ0v) is 10.1. The minimum atomic E-state index is 0.540. The summed E-state index contributed by atoms with van der Waals surface area (Å²) in [6.07, 6.45) is 0. The van der Waals surface area contributed by atoms with E-state index in [2.05, 4.69) is 40.2 Å². The van der Waals surface area contributed by atoms with Gasteiger partial charge in [-0.25, -0.2) is 0 Å². The molecule has 0 amide bonds. The fraction of sp³-hybridized carbons (Fsp3) is 0.455. The van der Waals surface area contributed by atoms with E-state index in [0.29, 0.717) is 5.37 Å². The summed E-state index contributed by atoms with van der Waals surface area (Å²) < 4.78 is 0.953. The van der Waals surface area contributed by atoms with Gasteiger partial charge >= 0.3 is 0 Å². The predicted octanol–water partition coefficient (Wildman–Crippen LogP) is 2.41. The molecule has 0 radical (unpaired) electrons. The molecule has 0 aromatic heterocycles. The SMILES string of the molecule is CC(Sc1ccc(N)cc1)[N+](C)(C)C. The Morgan fingerprint density at radius 2 is 1.64 bits per heavy atom. The highest BCUT2D eigenvalue weighted by atomic mass is 32.2. The van der Waals surface area contributed by atoms with Gasteiger partial charge in [-0.2, -0.15) is 0 Å². The van der Waals surface area contributed by atoms with Crippen LogP contribution in [0.25, 0.3) is 0 Å². The molecule has 0 bridgehead atoms. The summed E-state index contributed by atoms with van der Waals surface area (Å²) in [5.41, 5.74) is 6.46. The molecule has 0 aliphatic heterocycles. The van der Waals surface area contributed by atoms with Crippen LogP contribution in [0.5, 0.6) is 0 Å². The Labute approximate surface area is 90.7 Å². The van der Waals surface area contributed by atoms with Crippen molar-refractivity contribution in [2.24, 2.45) is 0 Å². The lowest BCUT2D eigenvalue weighted by molar-refractivity contribution is -0.878. The molecule has 0 spiro atoms. The van der Waals surface area contributed by atoms with Crippen LogP contribution in [-0.4, -0.2) is 31.0 Å². The third-order valence-electron chi connectivity index (χ3n) is 2.28. The molecule has 78 valence electrons. The molecule has 1 atom stereocenters. The van der Waals surface area contributed by atoms with Gasteiger partial charge in [0.1, 0.15) is 5.37 Å². The van der Waals surface area contributed by atoms with Crippen molar-refractivity contribution < 1.29 is 4.48 Å². The Kier molecular flexibility index (Phi) is 3.45. The number of benzene rings is 1. The number of quaternary nitrogens is 1. The predicted molar refractivity (Wildman–Crippen MR) is 64.2 cm³/mol. The number of rotatable bonds is 3. The van der Waals surface area contributed by atoms with Crippen LogP contribution in [0.3, 0.4) is 0 Å². The number of nitrogens with zero attached hydrogens (tertiary/aromatic N) is 1. The van der Waals surface area contributed by atoms with E-state index in [1.54, 1.807) is 0 Å². The summed E-state index contributed by atoms with van der Waals surface area (Å²) in [5.74, 6) is 0. The average Bonchev–Trinajstić information content (AvgIpc) is 2.07. The van der Waals surface area contributed by atoms with Crippen LogP contribution in [-0.2, 0) is 0 Å². The molecule has 1 rings (SSSR count). The number of hydrogen-bond donors (Lipinski definition) is 1. The van der Waals surface area contributed by atoms with Gasteiger partial charge in [-0.15, -0.1) is 0 Å². The molecule has 3 heteroatoms. The molecule has 0 saturated carbocycles. The van der Waals surface area contributed by atoms with Crippen LogP contribution in [0.1, 0.15) is 6.92 Å². The van der Waals surface area contributed by atoms with Crippen LogP contribution in [0.4, 0.5) is 5.69 Å². The van der Waals surface area contributed by atoms with Crippen molar-refractivity contribution in [3.8, 4) is 0 Å². The summed E-state index contributed by atoms with van der Waals surface area (Å²) >= 11 is 1.88. The summed E-state index contributed by atoms with van der Waals surface area (Å²) in [4.78, 5) is 1.28. The van der Waals surface area contributed by atoms with Gasteiger partial charge in [-0.3, -0.25) is 0 Å². The molecular formula is C11H19N2S+. The quantitative estimate of drug-likeness (QED) is 0.360. The molecule has 0 fully saturated rings. The van der Waals surface area contributed by atoms with Crippen LogP contribution in [0, 0.1) is 0 Å². The Morgan fingerprint density at radius 1 is 1.14 bits per heavy atom. The smallest absolute Gasteiger partial charge is 0.137 e. The summed E-state index contributed by atoms with van der Waals surface area (Å²) in [7, 11) is 6.61. The summed E-state index contributed by atoms with van der Waals surface area (Å²) in [5, 5.41) is 0.540. The van der Waals surface area contributed by atoms with Gasteiger partial charge in [0.25, 0.3) is 0 Å². The molecule has 1 aromatic rings. The Bertz CT molecular complexity index is 287. The molecule has 14 heavy (non-hydrogen) atoms. The number of nitrogen functional groups attached to an aromatic ring is 1. The summed E-state index contributed by atoms with van der Waals surface area (Å²) in [6, 6.07) is 8.05. The van der Waals surface area contributed by atoms with Gasteiger partial charge in [0.15, 0.2) is 0 Å². The van der Waals surface area contributed by atoms with E-state index >= 15 is 0 Å². The molecule has 1 unspecified atom stereocenters. The van der Waals surface area contributed by atoms with Crippen molar-refractivity contribution in [3.05, 3.63) is 24.3 Å². The van der Waals surface area contributed by atoms with Crippen LogP contribution in [0.2, 0.25) is 0 Å². The van der Waals surface area contributed by atoms with E-state index in [1.807, 2.05) is 23.9 Å². The average molecular weight is 211 g/mol. The second-order valence-electron chi connectivity index (χ2n) is 4.40. The lowest BCUT2D eigenvalue weighted by Gasteiger charge is -2.30. The highest BCUT2D eigenvalue weighted by molar-refractivity contribution is 7.99. The molecule has 0 aliphatic rings. The maximum absolute atomic E-state index is 5.63. The minimum Gasteiger partial charge on any atom is -0.399 e. The van der Waals surface area contributed by atoms with E-state index in [-0.39, 0.29) is 0 Å². The number of nitrogens with two attached hydrogens (primary N) is 1. The van der Waals surface area contributed by atoms with E-state index in [0.717, 1.165) is 10.2 Å². The van der Waals surface area contributed by atoms with Gasteiger partial charge in [0.05, 0.1) is 21.1 Å². The lowest BCUT2D eigenvalue weighted by atomic mass is 10.3. The summed E-state index contributed by atoms with van der Waals surface area (Å²) in [6.45, 7) is 2.24. The molecule has 0 saturated heterocycles. The molecule has 2 N–H and O–H groups in total. The van der Waals surface area contributed by atoms with E-state index in [4.69, 9.17) is 5.73 Å². The Balaban J connectivity index is 2.65. The van der Waals surface area contributed by atoms with Crippen molar-refractivity contribution in [1.82, 2.24) is 0 Å². The highest BCUT2D eigenvalue weighted by Crippen LogP contribution is 2.27. The number of anilines is 1. The van der Waals surface area contributed by atoms with Gasteiger partial charge < -0.3 is 10.2 Å². The van der Waals surface area contributed by atoms with Gasteiger partial charge in [0.2, 0.25) is 0 Å². The van der Waals surface area contributed by atoms with E-state index < -0.39 is 0 Å². The zero-order chi connectivity index (χ0) is 10.8. The van der Waals surface area contributed by atoms with Crippen molar-refractivity contribution >= 4 is 17.4 Å². The Hall–Kier alpha value is -0.670. The van der Waals surface area contributed by atoms with Gasteiger partial charge in [0, 0.05) is 10.6 Å². The second kappa shape index (κ2) is 4.24. The molecule has 0 heterocycles. The highest BCUT2D eigenvalue weighted by Gasteiger charge is 2.18. The van der Waals surface area contributed by atoms with Crippen LogP contribution >= 0.6 is 11.8 Å². The first kappa shape index (κ1) is 11.4. The first-order valence-electron chi connectivity index (χ1n) is 4.73. The van der Waals surface area contributed by atoms with Crippen LogP contribution in [0.15, 0.2) is 29.2 Å². The maximum Gasteiger partial charge on any atom is 0.137 e. The second-order valence-corrected chi connectivity index (χ2v) is 5.79. The van der Waals surface area contributed by atoms with Crippen molar-refractivity contribution in [3.63, 3.8) is 0 Å². The number of hydrogen-bond acceptors (Lipinski definition) is 2. The lowest BCUT2D eigenvalue weighted by Crippen LogP contribution is -2.41. The fourth-order valence-corrected chi connectivity index (χ4v) is 1.90. The number of thioether (sulfide) groups is 1. The molecule has 2 nitrogen and oxygen atoms in total. The van der Waals surface area contributed by atoms with Gasteiger partial charge in [-0.1, -0.05) is 11.8 Å². The third kappa shape index (κ3) is 3.24. The van der Waals surface area contributed by atoms with E-state index in [1.165, 1.54) is 4.90 Å². The fourth-order valence-electron chi connectivity index (χ4n) is 0.901. The van der Waals surface area contributed by atoms with Crippen LogP contribution < -0.4 is 5.73 Å². The largest absolute Gasteiger partial charge is 0.399 e. The molecular weight excluding hydrogens is 192 g/mol. The zero-order valence-electron chi connectivity index (χ0n) is 9.32. The van der Waals surface area contributed by atoms with Gasteiger partial charge in [-0.05, 0) is 31.2 Å². The van der Waals surface area contributed by atoms with Crippen molar-refractivity contribution in [2.45, 2.75) is 17.2 Å². The monoisotopic (exact) mass is 211 g/mol. The first-order chi connectivity index (χ1) is 6.39. The Morgan fingerprint density at radius 3 is 2.07 bits per heavy atom. The third-order valence-corrected chi connectivity index (χ3v) is 3.80. The van der Waals surface area contributed by atoms with Crippen molar-refractivity contribution in [1.29, 1.82) is 0 Å².